The molecule has 2 heterocycles. The monoisotopic (exact) mass is 399 g/mol. The topological polar surface area (TPSA) is 82.5 Å². The Bertz CT molecular complexity index is 983. The number of nitrogens with zero attached hydrogens (tertiary/aromatic N) is 2. The highest BCUT2D eigenvalue weighted by molar-refractivity contribution is 5.94. The summed E-state index contributed by atoms with van der Waals surface area (Å²) in [4.78, 5) is 0. The molecule has 7 heteroatoms. The van der Waals surface area contributed by atoms with Gasteiger partial charge in [-0.2, -0.15) is 5.10 Å². The van der Waals surface area contributed by atoms with Gasteiger partial charge in [0.15, 0.2) is 6.23 Å². The second-order valence-electron chi connectivity index (χ2n) is 7.29. The Morgan fingerprint density at radius 3 is 2.90 bits per heavy atom. The second-order valence-corrected chi connectivity index (χ2v) is 7.29. The van der Waals surface area contributed by atoms with Crippen LogP contribution in [0.2, 0.25) is 0 Å². The van der Waals surface area contributed by atoms with Gasteiger partial charge in [-0.3, -0.25) is 0 Å². The van der Waals surface area contributed by atoms with Crippen molar-refractivity contribution in [2.24, 2.45) is 5.73 Å². The Balaban J connectivity index is 1.82. The van der Waals surface area contributed by atoms with E-state index in [1.807, 2.05) is 22.9 Å². The first kappa shape index (κ1) is 19.8. The van der Waals surface area contributed by atoms with Crippen molar-refractivity contribution in [1.82, 2.24) is 9.78 Å². The second kappa shape index (κ2) is 8.90. The Kier molecular flexibility index (Phi) is 6.08. The first-order valence-corrected chi connectivity index (χ1v) is 10.1. The number of aliphatic hydroxyl groups excluding tert-OH is 1. The van der Waals surface area contributed by atoms with Crippen LogP contribution in [0.25, 0.3) is 22.2 Å². The molecular weight excluding hydrogens is 373 g/mol. The normalized spacial score (nSPS) is 17.0. The molecule has 0 spiro atoms. The number of aliphatic hydroxyl groups is 1. The van der Waals surface area contributed by atoms with Crippen molar-refractivity contribution in [3.63, 3.8) is 0 Å². The lowest BCUT2D eigenvalue weighted by molar-refractivity contribution is -0.0365. The Morgan fingerprint density at radius 1 is 1.24 bits per heavy atom. The molecule has 0 amide bonds. The van der Waals surface area contributed by atoms with Gasteiger partial charge in [0.1, 0.15) is 17.3 Å². The zero-order valence-electron chi connectivity index (χ0n) is 16.3. The number of hydrogen-bond acceptors (Lipinski definition) is 5. The van der Waals surface area contributed by atoms with Gasteiger partial charge in [-0.25, -0.2) is 9.07 Å². The fraction of sp³-hybridized carbons (Fsp3) is 0.409. The van der Waals surface area contributed by atoms with E-state index < -0.39 is 5.82 Å². The van der Waals surface area contributed by atoms with Crippen LogP contribution in [-0.2, 0) is 11.3 Å². The maximum Gasteiger partial charge on any atom is 0.150 e. The number of aromatic nitrogens is 2. The molecular formula is C22H26FN3O3. The van der Waals surface area contributed by atoms with E-state index in [-0.39, 0.29) is 12.8 Å². The molecule has 1 saturated heterocycles. The first-order chi connectivity index (χ1) is 14.2. The third-order valence-corrected chi connectivity index (χ3v) is 5.14. The summed E-state index contributed by atoms with van der Waals surface area (Å²) >= 11 is 0. The van der Waals surface area contributed by atoms with Gasteiger partial charge in [0.25, 0.3) is 0 Å². The maximum atomic E-state index is 14.1. The van der Waals surface area contributed by atoms with E-state index >= 15 is 0 Å². The van der Waals surface area contributed by atoms with Crippen molar-refractivity contribution in [2.45, 2.75) is 38.5 Å². The molecule has 3 aromatic rings. The van der Waals surface area contributed by atoms with Crippen molar-refractivity contribution >= 4 is 10.9 Å². The lowest BCUT2D eigenvalue weighted by Gasteiger charge is -2.23. The van der Waals surface area contributed by atoms with Crippen molar-refractivity contribution < 1.29 is 19.0 Å². The van der Waals surface area contributed by atoms with Crippen molar-refractivity contribution in [2.75, 3.05) is 19.8 Å². The number of rotatable bonds is 7. The third kappa shape index (κ3) is 4.27. The van der Waals surface area contributed by atoms with E-state index in [0.717, 1.165) is 42.3 Å². The molecule has 2 aromatic carbocycles. The van der Waals surface area contributed by atoms with Crippen LogP contribution in [0.3, 0.4) is 0 Å². The molecule has 0 saturated carbocycles. The predicted octanol–water partition coefficient (Wildman–Crippen LogP) is 3.76. The van der Waals surface area contributed by atoms with Gasteiger partial charge in [-0.15, -0.1) is 0 Å². The average molecular weight is 399 g/mol. The highest BCUT2D eigenvalue weighted by atomic mass is 19.1. The van der Waals surface area contributed by atoms with Crippen LogP contribution in [0.4, 0.5) is 4.39 Å². The zero-order chi connectivity index (χ0) is 20.2. The van der Waals surface area contributed by atoms with Crippen molar-refractivity contribution in [3.8, 4) is 17.0 Å². The van der Waals surface area contributed by atoms with Crippen molar-refractivity contribution in [3.05, 3.63) is 47.8 Å². The molecule has 0 aliphatic carbocycles. The Morgan fingerprint density at radius 2 is 2.14 bits per heavy atom. The third-order valence-electron chi connectivity index (χ3n) is 5.14. The van der Waals surface area contributed by atoms with E-state index in [4.69, 9.17) is 20.3 Å². The molecule has 154 valence electrons. The molecule has 1 unspecified atom stereocenters. The molecule has 1 aliphatic rings. The predicted molar refractivity (Wildman–Crippen MR) is 109 cm³/mol. The van der Waals surface area contributed by atoms with Gasteiger partial charge in [-0.05, 0) is 74.2 Å². The van der Waals surface area contributed by atoms with E-state index in [1.54, 1.807) is 6.07 Å². The fourth-order valence-corrected chi connectivity index (χ4v) is 3.71. The lowest BCUT2D eigenvalue weighted by Crippen LogP contribution is -2.19. The number of fused-ring (bicyclic) bond motifs is 1. The minimum atomic E-state index is -0.404. The smallest absolute Gasteiger partial charge is 0.150 e. The van der Waals surface area contributed by atoms with E-state index in [9.17, 15) is 9.50 Å². The average Bonchev–Trinajstić information content (AvgIpc) is 3.13. The fourth-order valence-electron chi connectivity index (χ4n) is 3.71. The summed E-state index contributed by atoms with van der Waals surface area (Å²) < 4.78 is 27.8. The molecule has 3 N–H and O–H groups in total. The van der Waals surface area contributed by atoms with Crippen LogP contribution in [0, 0.1) is 5.82 Å². The molecule has 0 radical (unpaired) electrons. The summed E-state index contributed by atoms with van der Waals surface area (Å²) in [7, 11) is 0. The summed E-state index contributed by atoms with van der Waals surface area (Å²) in [6.45, 7) is 1.57. The zero-order valence-corrected chi connectivity index (χ0v) is 16.3. The van der Waals surface area contributed by atoms with E-state index in [1.165, 1.54) is 12.1 Å². The molecule has 1 fully saturated rings. The maximum absolute atomic E-state index is 14.1. The standard InChI is InChI=1S/C22H26FN3O3/c23-17-11-15(14-27)10-16(12-17)22-19-13-18(28-9-3-7-24)5-6-20(19)26(25-22)21-4-1-2-8-29-21/h5-6,10-13,21,27H,1-4,7-9,14,24H2. The van der Waals surface area contributed by atoms with Crippen LogP contribution in [0.15, 0.2) is 36.4 Å². The van der Waals surface area contributed by atoms with E-state index in [0.29, 0.717) is 36.6 Å². The SMILES string of the molecule is NCCCOc1ccc2c(c1)c(-c1cc(F)cc(CO)c1)nn2C1CCCCO1. The Hall–Kier alpha value is -2.48. The highest BCUT2D eigenvalue weighted by Crippen LogP contribution is 2.35. The minimum Gasteiger partial charge on any atom is -0.494 e. The van der Waals surface area contributed by atoms with Crippen LogP contribution >= 0.6 is 0 Å². The summed E-state index contributed by atoms with van der Waals surface area (Å²) in [5.74, 6) is 0.314. The number of ether oxygens (including phenoxy) is 2. The number of halogens is 1. The highest BCUT2D eigenvalue weighted by Gasteiger charge is 2.22. The molecule has 0 bridgehead atoms. The number of nitrogens with two attached hydrogens (primary N) is 1. The van der Waals surface area contributed by atoms with Gasteiger partial charge in [-0.1, -0.05) is 0 Å². The first-order valence-electron chi connectivity index (χ1n) is 10.1. The summed E-state index contributed by atoms with van der Waals surface area (Å²) in [5.41, 5.74) is 8.23. The largest absolute Gasteiger partial charge is 0.494 e. The number of hydrogen-bond donors (Lipinski definition) is 2. The molecule has 4 rings (SSSR count). The van der Waals surface area contributed by atoms with Crippen LogP contribution in [0.5, 0.6) is 5.75 Å². The van der Waals surface area contributed by atoms with Gasteiger partial charge < -0.3 is 20.3 Å². The number of benzene rings is 2. The van der Waals surface area contributed by atoms with Crippen LogP contribution in [-0.4, -0.2) is 34.6 Å². The van der Waals surface area contributed by atoms with Crippen molar-refractivity contribution in [1.29, 1.82) is 0 Å². The van der Waals surface area contributed by atoms with Gasteiger partial charge in [0.2, 0.25) is 0 Å². The quantitative estimate of drug-likeness (QED) is 0.591. The molecule has 29 heavy (non-hydrogen) atoms. The molecule has 1 aliphatic heterocycles. The molecule has 1 atom stereocenters. The van der Waals surface area contributed by atoms with Crippen LogP contribution < -0.4 is 10.5 Å². The summed E-state index contributed by atoms with van der Waals surface area (Å²) in [6.07, 6.45) is 3.64. The Labute approximate surface area is 169 Å². The minimum absolute atomic E-state index is 0.144. The van der Waals surface area contributed by atoms with Crippen LogP contribution in [0.1, 0.15) is 37.5 Å². The van der Waals surface area contributed by atoms with Gasteiger partial charge >= 0.3 is 0 Å². The molecule has 1 aromatic heterocycles. The summed E-state index contributed by atoms with van der Waals surface area (Å²) in [6, 6.07) is 10.3. The van der Waals surface area contributed by atoms with Gasteiger partial charge in [0.05, 0.1) is 18.7 Å². The van der Waals surface area contributed by atoms with E-state index in [2.05, 4.69) is 0 Å². The molecule has 6 nitrogen and oxygen atoms in total. The summed E-state index contributed by atoms with van der Waals surface area (Å²) in [5, 5.41) is 15.1. The van der Waals surface area contributed by atoms with Gasteiger partial charge in [0, 0.05) is 17.6 Å². The lowest BCUT2D eigenvalue weighted by atomic mass is 10.0.